The van der Waals surface area contributed by atoms with E-state index in [0.29, 0.717) is 21.3 Å². The number of para-hydroxylation sites is 6. The summed E-state index contributed by atoms with van der Waals surface area (Å²) in [6, 6.07) is 88.5. The first-order chi connectivity index (χ1) is 46.5. The molecule has 1 saturated heterocycles. The number of anilines is 9. The summed E-state index contributed by atoms with van der Waals surface area (Å²) >= 11 is 11.3. The van der Waals surface area contributed by atoms with Crippen LogP contribution in [0.25, 0.3) is 31.9 Å². The quantitative estimate of drug-likeness (QED) is 0.121. The van der Waals surface area contributed by atoms with Gasteiger partial charge >= 0.3 is 7.12 Å². The van der Waals surface area contributed by atoms with Crippen molar-refractivity contribution in [2.45, 2.75) is 96.7 Å². The molecule has 0 radical (unpaired) electrons. The van der Waals surface area contributed by atoms with Crippen molar-refractivity contribution in [2.24, 2.45) is 0 Å². The molecule has 1 fully saturated rings. The summed E-state index contributed by atoms with van der Waals surface area (Å²) in [5.41, 5.74) is 23.2. The van der Waals surface area contributed by atoms with Crippen molar-refractivity contribution in [1.29, 1.82) is 10.5 Å². The Kier molecular flexibility index (Phi) is 16.9. The van der Waals surface area contributed by atoms with Gasteiger partial charge in [-0.2, -0.15) is 10.5 Å². The molecule has 4 aliphatic rings. The summed E-state index contributed by atoms with van der Waals surface area (Å²) in [6.07, 6.45) is 0. The number of nitrogens with zero attached hydrogens (tertiary/aromatic N) is 7. The highest BCUT2D eigenvalue weighted by atomic mass is 35.5. The van der Waals surface area contributed by atoms with Crippen LogP contribution < -0.4 is 20.2 Å². The highest BCUT2D eigenvalue weighted by Gasteiger charge is 2.52. The lowest BCUT2D eigenvalue weighted by atomic mass is 9.73. The molecule has 0 bridgehead atoms. The zero-order valence-electron chi connectivity index (χ0n) is 55.9. The topological polar surface area (TPSA) is 84.5 Å². The largest absolute Gasteiger partial charge is 0.494 e. The number of halogens is 2. The first-order valence-electron chi connectivity index (χ1n) is 32.4. The van der Waals surface area contributed by atoms with Gasteiger partial charge in [0.2, 0.25) is 11.4 Å². The van der Waals surface area contributed by atoms with E-state index in [-0.39, 0.29) is 45.8 Å². The molecule has 0 N–H and O–H groups in total. The van der Waals surface area contributed by atoms with Crippen LogP contribution in [0.3, 0.4) is 0 Å². The van der Waals surface area contributed by atoms with Crippen molar-refractivity contribution in [2.75, 3.05) is 14.7 Å². The van der Waals surface area contributed by atoms with Crippen LogP contribution in [-0.2, 0) is 25.6 Å². The summed E-state index contributed by atoms with van der Waals surface area (Å²) in [7, 11) is -0.348. The van der Waals surface area contributed by atoms with E-state index in [1.54, 1.807) is 0 Å². The lowest BCUT2D eigenvalue weighted by Gasteiger charge is -2.42. The number of nitriles is 2. The molecule has 4 aliphatic heterocycles. The first-order valence-corrected chi connectivity index (χ1v) is 33.1. The maximum Gasteiger partial charge on any atom is 0.494 e. The van der Waals surface area contributed by atoms with Gasteiger partial charge in [0.05, 0.1) is 86.8 Å². The average molecular weight is 1300 g/mol. The fourth-order valence-electron chi connectivity index (χ4n) is 14.1. The predicted molar refractivity (Wildman–Crippen MR) is 398 cm³/mol. The summed E-state index contributed by atoms with van der Waals surface area (Å²) < 4.78 is 12.5. The van der Waals surface area contributed by atoms with Gasteiger partial charge in [-0.1, -0.05) is 210 Å². The van der Waals surface area contributed by atoms with E-state index in [9.17, 15) is 5.26 Å². The first kappa shape index (κ1) is 65.0. The van der Waals surface area contributed by atoms with Crippen molar-refractivity contribution < 1.29 is 9.31 Å². The Morgan fingerprint density at radius 1 is 0.361 bits per heavy atom. The van der Waals surface area contributed by atoms with Crippen LogP contribution in [0.2, 0.25) is 10.0 Å². The minimum Gasteiger partial charge on any atom is -0.399 e. The Hall–Kier alpha value is -10.7. The van der Waals surface area contributed by atoms with E-state index in [1.807, 2.05) is 18.2 Å². The highest BCUT2D eigenvalue weighted by molar-refractivity contribution is 6.62. The molecule has 0 atom stereocenters. The Labute approximate surface area is 580 Å². The fourth-order valence-corrected chi connectivity index (χ4v) is 14.5. The second kappa shape index (κ2) is 25.2. The highest BCUT2D eigenvalue weighted by Crippen LogP contribution is 2.55. The number of hydrogen-bond donors (Lipinski definition) is 0. The van der Waals surface area contributed by atoms with Crippen LogP contribution in [0.15, 0.2) is 243 Å². The van der Waals surface area contributed by atoms with Gasteiger partial charge in [-0.3, -0.25) is 0 Å². The molecular weight excluding hydrogens is 1230 g/mol. The molecule has 4 heterocycles. The Morgan fingerprint density at radius 3 is 0.938 bits per heavy atom. The number of hydrogen-bond acceptors (Lipinski definition) is 7. The van der Waals surface area contributed by atoms with E-state index >= 15 is 0 Å². The van der Waals surface area contributed by atoms with Crippen molar-refractivity contribution >= 4 is 98.3 Å². The number of fused-ring (bicyclic) bond motifs is 6. The molecule has 9 nitrogen and oxygen atoms in total. The zero-order valence-corrected chi connectivity index (χ0v) is 57.4. The van der Waals surface area contributed by atoms with Crippen LogP contribution in [0.1, 0.15) is 114 Å². The lowest BCUT2D eigenvalue weighted by molar-refractivity contribution is 0.00578. The lowest BCUT2D eigenvalue weighted by Crippen LogP contribution is -2.41. The minimum absolute atomic E-state index is 0.0493. The molecule has 12 heteroatoms. The van der Waals surface area contributed by atoms with Crippen LogP contribution in [0.5, 0.6) is 0 Å². The second-order valence-corrected chi connectivity index (χ2v) is 28.2. The Morgan fingerprint density at radius 2 is 0.629 bits per heavy atom. The molecule has 15 rings (SSSR count). The van der Waals surface area contributed by atoms with Gasteiger partial charge in [0.15, 0.2) is 0 Å². The van der Waals surface area contributed by atoms with Crippen LogP contribution in [0.4, 0.5) is 62.6 Å². The van der Waals surface area contributed by atoms with Crippen molar-refractivity contribution in [3.8, 4) is 34.4 Å². The van der Waals surface area contributed by atoms with E-state index in [0.717, 1.165) is 44.8 Å². The predicted octanol–water partition coefficient (Wildman–Crippen LogP) is 23.2. The fraction of sp³-hybridized carbons (Fsp3) is 0.176. The maximum atomic E-state index is 10.1. The van der Waals surface area contributed by atoms with E-state index in [2.05, 4.69) is 318 Å². The normalized spacial score (nSPS) is 15.6. The average Bonchev–Trinajstić information content (AvgIpc) is 1.44. The monoisotopic (exact) mass is 1300 g/mol. The Balaban J connectivity index is 0.000000165. The van der Waals surface area contributed by atoms with Gasteiger partial charge < -0.3 is 24.0 Å². The molecule has 0 aromatic heterocycles. The molecule has 0 aliphatic carbocycles. The summed E-state index contributed by atoms with van der Waals surface area (Å²) in [5.74, 6) is 0. The molecule has 0 amide bonds. The number of rotatable bonds is 6. The third-order valence-electron chi connectivity index (χ3n) is 20.1. The van der Waals surface area contributed by atoms with Gasteiger partial charge in [-0.05, 0) is 186 Å². The van der Waals surface area contributed by atoms with Crippen LogP contribution in [0, 0.1) is 35.8 Å². The van der Waals surface area contributed by atoms with Crippen molar-refractivity contribution in [3.63, 3.8) is 0 Å². The molecule has 0 saturated carbocycles. The third kappa shape index (κ3) is 11.4. The molecule has 0 unspecified atom stereocenters. The van der Waals surface area contributed by atoms with Gasteiger partial charge in [0.25, 0.3) is 0 Å². The third-order valence-corrected chi connectivity index (χ3v) is 20.8. The van der Waals surface area contributed by atoms with Gasteiger partial charge in [0.1, 0.15) is 0 Å². The van der Waals surface area contributed by atoms with Crippen LogP contribution in [-0.4, -0.2) is 18.3 Å². The van der Waals surface area contributed by atoms with Gasteiger partial charge in [0, 0.05) is 38.3 Å². The van der Waals surface area contributed by atoms with Crippen molar-refractivity contribution in [1.82, 2.24) is 0 Å². The molecule has 11 aromatic carbocycles. The minimum atomic E-state index is -0.348. The number of benzene rings is 11. The SMILES string of the molecule is CC1(C)c2ccccc2N(c2ccc(B3OC(C)(C)C(C)(C)O3)cc2)c2ccccc21.[C-]#[N+]c1cc(-c2ccc(N3c4ccccc4C(C)(C)c4ccccc43)cc2)c(-c2ccc(N3c4ccccc4C(C)(C)c4ccccc43)cc2)cc1C#N.[C-]#[N+]c1cc(Cl)c(Cl)cc1C#N. The summed E-state index contributed by atoms with van der Waals surface area (Å²) in [4.78, 5) is 13.9. The van der Waals surface area contributed by atoms with E-state index in [1.165, 1.54) is 79.6 Å². The zero-order chi connectivity index (χ0) is 68.3. The molecule has 97 heavy (non-hydrogen) atoms. The standard InChI is InChI=1S/C50H38N4.C27H30BNO2.C8H2Cl2N2/c1-49(2)40-14-6-10-18-45(40)53(46-19-11-7-15-41(46)49)36-26-22-33(23-27-36)38-30-35(32-51)44(52-5)31-39(38)34-24-28-37(29-25-34)54-47-20-12-8-16-42(47)50(3,4)43-17-9-13-21-48(43)54;1-25(2)21-11-7-9-13-23(21)29(24-14-10-8-12-22(24)25)20-17-15-19(16-18-20)28-30-26(3,4)27(5,6)31-28;1-12-8-3-7(10)6(9)2-5(8)4-11/h6-31H,1-4H3;7-18H,1-6H3;2-3H. The smallest absolute Gasteiger partial charge is 0.399 e. The molecule has 474 valence electrons. The molecule has 0 spiro atoms. The maximum absolute atomic E-state index is 10.1. The summed E-state index contributed by atoms with van der Waals surface area (Å²) in [6.45, 7) is 36.8. The molecular formula is C85H70BCl2N7O2. The Bertz CT molecular complexity index is 4700. The van der Waals surface area contributed by atoms with E-state index in [4.69, 9.17) is 50.9 Å². The van der Waals surface area contributed by atoms with Crippen LogP contribution >= 0.6 is 23.2 Å². The summed E-state index contributed by atoms with van der Waals surface area (Å²) in [5, 5.41) is 19.3. The van der Waals surface area contributed by atoms with Crippen molar-refractivity contribution in [3.05, 3.63) is 320 Å². The van der Waals surface area contributed by atoms with Gasteiger partial charge in [-0.15, -0.1) is 0 Å². The molecule has 11 aromatic rings. The van der Waals surface area contributed by atoms with Gasteiger partial charge in [-0.25, -0.2) is 9.69 Å². The van der Waals surface area contributed by atoms with E-state index < -0.39 is 0 Å². The second-order valence-electron chi connectivity index (χ2n) is 27.4.